The Labute approximate surface area is 180 Å². The van der Waals surface area contributed by atoms with Crippen LogP contribution in [0.15, 0.2) is 30.5 Å². The second-order valence-electron chi connectivity index (χ2n) is 8.43. The molecule has 2 aromatic heterocycles. The number of carbonyl (C=O) groups is 1. The van der Waals surface area contributed by atoms with Crippen LogP contribution in [0.2, 0.25) is 0 Å². The van der Waals surface area contributed by atoms with Crippen molar-refractivity contribution in [1.29, 1.82) is 0 Å². The van der Waals surface area contributed by atoms with Gasteiger partial charge in [-0.2, -0.15) is 15.3 Å². The monoisotopic (exact) mass is 420 g/mol. The number of anilines is 1. The molecule has 2 aliphatic heterocycles. The Morgan fingerprint density at radius 1 is 1.16 bits per heavy atom. The highest BCUT2D eigenvalue weighted by Crippen LogP contribution is 2.39. The molecule has 0 aliphatic carbocycles. The van der Waals surface area contributed by atoms with Gasteiger partial charge in [-0.1, -0.05) is 0 Å². The van der Waals surface area contributed by atoms with Crippen molar-refractivity contribution in [3.63, 3.8) is 0 Å². The number of amides is 1. The summed E-state index contributed by atoms with van der Waals surface area (Å²) in [4.78, 5) is 17.3. The van der Waals surface area contributed by atoms with E-state index < -0.39 is 0 Å². The number of halogens is 1. The molecule has 0 N–H and O–H groups in total. The third-order valence-corrected chi connectivity index (χ3v) is 6.47. The van der Waals surface area contributed by atoms with Gasteiger partial charge in [0.2, 0.25) is 0 Å². The summed E-state index contributed by atoms with van der Waals surface area (Å²) in [5.41, 5.74) is 5.58. The average Bonchev–Trinajstić information content (AvgIpc) is 3.05. The van der Waals surface area contributed by atoms with E-state index in [0.717, 1.165) is 59.7 Å². The molecule has 1 aromatic carbocycles. The minimum atomic E-state index is -0.331. The third kappa shape index (κ3) is 3.26. The van der Waals surface area contributed by atoms with E-state index in [1.54, 1.807) is 24.2 Å². The quantitative estimate of drug-likeness (QED) is 0.556. The maximum Gasteiger partial charge on any atom is 0.254 e. The second kappa shape index (κ2) is 7.44. The van der Waals surface area contributed by atoms with Crippen LogP contribution in [-0.4, -0.2) is 44.4 Å². The van der Waals surface area contributed by atoms with Crippen LogP contribution >= 0.6 is 0 Å². The predicted octanol–water partition coefficient (Wildman–Crippen LogP) is 3.64. The molecule has 1 saturated heterocycles. The summed E-state index contributed by atoms with van der Waals surface area (Å²) in [6.45, 7) is 3.14. The number of aromatic nitrogens is 4. The number of piperidine rings is 1. The zero-order valence-corrected chi connectivity index (χ0v) is 18.0. The minimum Gasteiger partial charge on any atom is -0.363 e. The fourth-order valence-electron chi connectivity index (χ4n) is 4.83. The Hall–Kier alpha value is -3.29. The summed E-state index contributed by atoms with van der Waals surface area (Å²) >= 11 is 0. The lowest BCUT2D eigenvalue weighted by atomic mass is 9.90. The molecule has 4 heterocycles. The standard InChI is InChI=1S/C23H25FN6O/c1-14-22-19-11-16(12-25-26-19)30-9-5-4-6-21(30)18-10-15(24)7-8-17(18)23(31)28(2)13-20(22)27-29(14)3/h7-8,10-12,21H,4-6,9,13H2,1-3H3/t21-/m1/s1. The Kier molecular flexibility index (Phi) is 4.72. The zero-order valence-electron chi connectivity index (χ0n) is 18.0. The van der Waals surface area contributed by atoms with E-state index in [0.29, 0.717) is 12.1 Å². The fourth-order valence-corrected chi connectivity index (χ4v) is 4.83. The van der Waals surface area contributed by atoms with Crippen molar-refractivity contribution in [3.8, 4) is 11.3 Å². The van der Waals surface area contributed by atoms with Gasteiger partial charge in [-0.05, 0) is 56.0 Å². The van der Waals surface area contributed by atoms with Crippen LogP contribution in [0.25, 0.3) is 11.3 Å². The Morgan fingerprint density at radius 3 is 2.84 bits per heavy atom. The van der Waals surface area contributed by atoms with Gasteiger partial charge in [-0.15, -0.1) is 0 Å². The summed E-state index contributed by atoms with van der Waals surface area (Å²) < 4.78 is 16.1. The molecule has 31 heavy (non-hydrogen) atoms. The lowest BCUT2D eigenvalue weighted by Crippen LogP contribution is -2.36. The molecule has 2 aliphatic rings. The first-order valence-electron chi connectivity index (χ1n) is 10.6. The Balaban J connectivity index is 1.77. The lowest BCUT2D eigenvalue weighted by Gasteiger charge is -2.39. The predicted molar refractivity (Wildman–Crippen MR) is 115 cm³/mol. The van der Waals surface area contributed by atoms with Gasteiger partial charge in [0, 0.05) is 37.5 Å². The number of aryl methyl sites for hydroxylation is 1. The summed E-state index contributed by atoms with van der Waals surface area (Å²) in [5.74, 6) is -0.465. The van der Waals surface area contributed by atoms with Crippen molar-refractivity contribution >= 4 is 11.6 Å². The summed E-state index contributed by atoms with van der Waals surface area (Å²) in [6, 6.07) is 6.44. The van der Waals surface area contributed by atoms with Crippen LogP contribution in [0.1, 0.15) is 52.6 Å². The van der Waals surface area contributed by atoms with Crippen molar-refractivity contribution in [2.75, 3.05) is 18.5 Å². The molecule has 0 spiro atoms. The van der Waals surface area contributed by atoms with Gasteiger partial charge in [0.05, 0.1) is 35.9 Å². The molecule has 1 atom stereocenters. The Bertz CT molecular complexity index is 1170. The zero-order chi connectivity index (χ0) is 21.7. The molecule has 0 saturated carbocycles. The van der Waals surface area contributed by atoms with E-state index in [1.807, 2.05) is 24.7 Å². The molecule has 3 aromatic rings. The first-order chi connectivity index (χ1) is 14.9. The minimum absolute atomic E-state index is 0.0947. The molecule has 2 bridgehead atoms. The molecule has 1 amide bonds. The molecule has 1 fully saturated rings. The summed E-state index contributed by atoms with van der Waals surface area (Å²) in [5, 5.41) is 13.3. The van der Waals surface area contributed by atoms with Gasteiger partial charge in [0.15, 0.2) is 0 Å². The highest BCUT2D eigenvalue weighted by Gasteiger charge is 2.31. The summed E-state index contributed by atoms with van der Waals surface area (Å²) in [7, 11) is 3.65. The third-order valence-electron chi connectivity index (χ3n) is 6.47. The van der Waals surface area contributed by atoms with Crippen molar-refractivity contribution in [2.24, 2.45) is 7.05 Å². The highest BCUT2D eigenvalue weighted by atomic mass is 19.1. The maximum atomic E-state index is 14.3. The van der Waals surface area contributed by atoms with Crippen molar-refractivity contribution in [1.82, 2.24) is 24.9 Å². The van der Waals surface area contributed by atoms with Gasteiger partial charge < -0.3 is 9.80 Å². The number of benzene rings is 1. The van der Waals surface area contributed by atoms with Crippen molar-refractivity contribution in [3.05, 3.63) is 58.8 Å². The number of hydrogen-bond acceptors (Lipinski definition) is 5. The topological polar surface area (TPSA) is 67.2 Å². The van der Waals surface area contributed by atoms with Gasteiger partial charge in [-0.3, -0.25) is 9.48 Å². The normalized spacial score (nSPS) is 18.6. The van der Waals surface area contributed by atoms with Crippen LogP contribution in [-0.2, 0) is 13.6 Å². The highest BCUT2D eigenvalue weighted by molar-refractivity contribution is 5.96. The summed E-state index contributed by atoms with van der Waals surface area (Å²) in [6.07, 6.45) is 4.66. The van der Waals surface area contributed by atoms with Crippen molar-refractivity contribution in [2.45, 2.75) is 38.8 Å². The first-order valence-corrected chi connectivity index (χ1v) is 10.6. The van der Waals surface area contributed by atoms with E-state index in [4.69, 9.17) is 0 Å². The van der Waals surface area contributed by atoms with E-state index in [1.165, 1.54) is 12.1 Å². The molecule has 7 nitrogen and oxygen atoms in total. The number of rotatable bonds is 0. The first kappa shape index (κ1) is 19.7. The van der Waals surface area contributed by atoms with Crippen LogP contribution in [0.4, 0.5) is 10.1 Å². The van der Waals surface area contributed by atoms with E-state index >= 15 is 0 Å². The number of fused-ring (bicyclic) bond motifs is 8. The maximum absolute atomic E-state index is 14.3. The largest absolute Gasteiger partial charge is 0.363 e. The van der Waals surface area contributed by atoms with E-state index in [2.05, 4.69) is 20.2 Å². The lowest BCUT2D eigenvalue weighted by molar-refractivity contribution is 0.0781. The van der Waals surface area contributed by atoms with Crippen molar-refractivity contribution < 1.29 is 9.18 Å². The van der Waals surface area contributed by atoms with Crippen LogP contribution in [0.3, 0.4) is 0 Å². The molecule has 0 radical (unpaired) electrons. The molecule has 160 valence electrons. The smallest absolute Gasteiger partial charge is 0.254 e. The van der Waals surface area contributed by atoms with Gasteiger partial charge in [-0.25, -0.2) is 4.39 Å². The fraction of sp³-hybridized carbons (Fsp3) is 0.391. The van der Waals surface area contributed by atoms with Crippen LogP contribution < -0.4 is 4.90 Å². The van der Waals surface area contributed by atoms with Gasteiger partial charge in [0.1, 0.15) is 5.82 Å². The van der Waals surface area contributed by atoms with Gasteiger partial charge in [0.25, 0.3) is 5.91 Å². The van der Waals surface area contributed by atoms with Crippen LogP contribution in [0.5, 0.6) is 0 Å². The number of hydrogen-bond donors (Lipinski definition) is 0. The molecular weight excluding hydrogens is 395 g/mol. The molecular formula is C23H25FN6O. The number of carbonyl (C=O) groups excluding carboxylic acids is 1. The molecule has 0 unspecified atom stereocenters. The molecule has 8 heteroatoms. The average molecular weight is 420 g/mol. The van der Waals surface area contributed by atoms with Gasteiger partial charge >= 0.3 is 0 Å². The SMILES string of the molecule is Cc1c2c(nn1C)CN(C)C(=O)c1ccc(F)cc1[C@H]1CCCCN1c1cnnc-2c1. The van der Waals surface area contributed by atoms with E-state index in [9.17, 15) is 9.18 Å². The molecule has 5 rings (SSSR count). The number of nitrogens with zero attached hydrogens (tertiary/aromatic N) is 6. The second-order valence-corrected chi connectivity index (χ2v) is 8.43. The van der Waals surface area contributed by atoms with E-state index in [-0.39, 0.29) is 17.8 Å². The van der Waals surface area contributed by atoms with Crippen LogP contribution in [0, 0.1) is 12.7 Å². The Morgan fingerprint density at radius 2 is 2.00 bits per heavy atom.